The highest BCUT2D eigenvalue weighted by Crippen LogP contribution is 2.74. The van der Waals surface area contributed by atoms with Crippen LogP contribution in [0.25, 0.3) is 0 Å². The summed E-state index contributed by atoms with van der Waals surface area (Å²) >= 11 is 0. The van der Waals surface area contributed by atoms with Crippen LogP contribution >= 0.6 is 15.0 Å². The number of rotatable bonds is 5. The van der Waals surface area contributed by atoms with E-state index in [2.05, 4.69) is 0 Å². The summed E-state index contributed by atoms with van der Waals surface area (Å²) in [5.74, 6) is -0.534. The van der Waals surface area contributed by atoms with Gasteiger partial charge < -0.3 is 18.3 Å². The quantitative estimate of drug-likeness (QED) is 0.567. The molecule has 3 atom stereocenters. The van der Waals surface area contributed by atoms with Crippen LogP contribution in [0.5, 0.6) is 0 Å². The third-order valence-electron chi connectivity index (χ3n) is 2.92. The summed E-state index contributed by atoms with van der Waals surface area (Å²) in [5, 5.41) is -1.06. The molecular formula is C9H18O7P2. The molecule has 0 aliphatic carbocycles. The van der Waals surface area contributed by atoms with Gasteiger partial charge in [-0.3, -0.25) is 13.9 Å². The molecule has 0 amide bonds. The van der Waals surface area contributed by atoms with Gasteiger partial charge in [-0.05, 0) is 6.42 Å². The van der Waals surface area contributed by atoms with E-state index in [4.69, 9.17) is 18.3 Å². The molecular weight excluding hydrogens is 282 g/mol. The van der Waals surface area contributed by atoms with Crippen LogP contribution in [0.4, 0.5) is 0 Å². The van der Waals surface area contributed by atoms with Crippen molar-refractivity contribution in [1.82, 2.24) is 0 Å². The first-order chi connectivity index (χ1) is 8.33. The van der Waals surface area contributed by atoms with Crippen molar-refractivity contribution in [2.75, 3.05) is 27.5 Å². The molecule has 1 aliphatic rings. The maximum atomic E-state index is 12.5. The van der Waals surface area contributed by atoms with Crippen LogP contribution in [0.2, 0.25) is 0 Å². The Kier molecular flexibility index (Phi) is 5.15. The van der Waals surface area contributed by atoms with Crippen LogP contribution in [0.15, 0.2) is 0 Å². The maximum Gasteiger partial charge on any atom is 0.346 e. The first-order valence-electron chi connectivity index (χ1n) is 5.36. The molecule has 0 aromatic heterocycles. The fourth-order valence-electron chi connectivity index (χ4n) is 2.08. The van der Waals surface area contributed by atoms with Gasteiger partial charge in [0.05, 0.1) is 0 Å². The summed E-state index contributed by atoms with van der Waals surface area (Å²) in [5.41, 5.74) is 0. The van der Waals surface area contributed by atoms with Gasteiger partial charge in [0.25, 0.3) is 0 Å². The molecule has 1 rings (SSSR count). The van der Waals surface area contributed by atoms with Crippen molar-refractivity contribution in [2.45, 2.75) is 24.8 Å². The largest absolute Gasteiger partial charge is 0.461 e. The first-order valence-corrected chi connectivity index (χ1v) is 8.85. The molecule has 1 saturated heterocycles. The molecule has 0 bridgehead atoms. The molecule has 0 radical (unpaired) electrons. The van der Waals surface area contributed by atoms with E-state index in [0.717, 1.165) is 0 Å². The van der Waals surface area contributed by atoms with Crippen LogP contribution in [0.1, 0.15) is 13.3 Å². The van der Waals surface area contributed by atoms with Gasteiger partial charge >= 0.3 is 13.6 Å². The summed E-state index contributed by atoms with van der Waals surface area (Å²) in [6, 6.07) is 0. The summed E-state index contributed by atoms with van der Waals surface area (Å²) in [4.78, 5) is 11.0. The van der Waals surface area contributed by atoms with E-state index in [9.17, 15) is 13.9 Å². The first kappa shape index (κ1) is 15.9. The molecule has 1 aliphatic heterocycles. The van der Waals surface area contributed by atoms with E-state index in [-0.39, 0.29) is 6.16 Å². The highest BCUT2D eigenvalue weighted by Gasteiger charge is 2.58. The van der Waals surface area contributed by atoms with Gasteiger partial charge in [-0.1, -0.05) is 0 Å². The average molecular weight is 300 g/mol. The zero-order valence-corrected chi connectivity index (χ0v) is 12.6. The lowest BCUT2D eigenvalue weighted by molar-refractivity contribution is -0.145. The van der Waals surface area contributed by atoms with Gasteiger partial charge in [-0.2, -0.15) is 0 Å². The predicted molar refractivity (Wildman–Crippen MR) is 65.1 cm³/mol. The highest BCUT2D eigenvalue weighted by atomic mass is 31.2. The second kappa shape index (κ2) is 5.85. The Labute approximate surface area is 106 Å². The van der Waals surface area contributed by atoms with E-state index in [1.165, 1.54) is 28.3 Å². The van der Waals surface area contributed by atoms with Crippen molar-refractivity contribution in [3.63, 3.8) is 0 Å². The molecule has 3 unspecified atom stereocenters. The monoisotopic (exact) mass is 300 g/mol. The van der Waals surface area contributed by atoms with Crippen LogP contribution in [-0.2, 0) is 32.2 Å². The Morgan fingerprint density at radius 1 is 1.28 bits per heavy atom. The Morgan fingerprint density at radius 2 is 1.83 bits per heavy atom. The van der Waals surface area contributed by atoms with E-state index < -0.39 is 32.4 Å². The van der Waals surface area contributed by atoms with Gasteiger partial charge in [-0.15, -0.1) is 0 Å². The fraction of sp³-hybridized carbons (Fsp3) is 0.889. The second-order valence-electron chi connectivity index (χ2n) is 3.89. The van der Waals surface area contributed by atoms with E-state index in [1.807, 2.05) is 0 Å². The van der Waals surface area contributed by atoms with Gasteiger partial charge in [-0.25, -0.2) is 0 Å². The summed E-state index contributed by atoms with van der Waals surface area (Å²) in [6.45, 7) is 1.23. The second-order valence-corrected chi connectivity index (χ2v) is 9.48. The van der Waals surface area contributed by atoms with Crippen LogP contribution in [-0.4, -0.2) is 45.0 Å². The van der Waals surface area contributed by atoms with Crippen molar-refractivity contribution in [2.24, 2.45) is 0 Å². The summed E-state index contributed by atoms with van der Waals surface area (Å²) in [6.07, 6.45) is -0.284. The van der Waals surface area contributed by atoms with Crippen LogP contribution < -0.4 is 0 Å². The maximum absolute atomic E-state index is 12.5. The number of esters is 1. The topological polar surface area (TPSA) is 88.1 Å². The smallest absolute Gasteiger partial charge is 0.346 e. The van der Waals surface area contributed by atoms with Gasteiger partial charge in [0.15, 0.2) is 5.40 Å². The van der Waals surface area contributed by atoms with Crippen molar-refractivity contribution in [3.05, 3.63) is 0 Å². The molecule has 18 heavy (non-hydrogen) atoms. The molecule has 0 N–H and O–H groups in total. The Hall–Kier alpha value is -0.190. The zero-order valence-electron chi connectivity index (χ0n) is 10.8. The molecule has 9 heteroatoms. The van der Waals surface area contributed by atoms with Crippen molar-refractivity contribution < 1.29 is 32.2 Å². The van der Waals surface area contributed by atoms with E-state index in [1.54, 1.807) is 0 Å². The van der Waals surface area contributed by atoms with E-state index in [0.29, 0.717) is 6.42 Å². The zero-order chi connectivity index (χ0) is 14.0. The molecule has 0 aromatic rings. The predicted octanol–water partition coefficient (Wildman–Crippen LogP) is 2.06. The number of carbonyl (C=O) groups is 1. The average Bonchev–Trinajstić information content (AvgIpc) is 2.66. The standard InChI is InChI=1S/C9H18O7P2/c1-7(10)16-8-5-6-17(11,13-2)9(8)18(12,14-3)15-4/h8-9H,5-6H2,1-4H3. The van der Waals surface area contributed by atoms with Gasteiger partial charge in [0.1, 0.15) is 6.10 Å². The summed E-state index contributed by atoms with van der Waals surface area (Å²) in [7, 11) is -3.18. The molecule has 0 aromatic carbocycles. The van der Waals surface area contributed by atoms with Gasteiger partial charge in [0, 0.05) is 34.4 Å². The lowest BCUT2D eigenvalue weighted by Gasteiger charge is -2.28. The minimum atomic E-state index is -3.64. The minimum absolute atomic E-state index is 0.183. The summed E-state index contributed by atoms with van der Waals surface area (Å²) < 4.78 is 44.7. The fourth-order valence-corrected chi connectivity index (χ4v) is 8.19. The Bertz CT molecular complexity index is 400. The van der Waals surface area contributed by atoms with Crippen molar-refractivity contribution in [1.29, 1.82) is 0 Å². The van der Waals surface area contributed by atoms with Crippen molar-refractivity contribution in [3.8, 4) is 0 Å². The number of ether oxygens (including phenoxy) is 1. The van der Waals surface area contributed by atoms with Crippen LogP contribution in [0, 0.1) is 0 Å². The normalized spacial score (nSPS) is 32.4. The number of carbonyl (C=O) groups excluding carboxylic acids is 1. The Balaban J connectivity index is 3.14. The molecule has 7 nitrogen and oxygen atoms in total. The third-order valence-corrected chi connectivity index (χ3v) is 9.46. The third kappa shape index (κ3) is 2.86. The lowest BCUT2D eigenvalue weighted by Crippen LogP contribution is -2.26. The molecule has 106 valence electrons. The molecule has 0 spiro atoms. The minimum Gasteiger partial charge on any atom is -0.461 e. The molecule has 1 fully saturated rings. The number of hydrogen-bond acceptors (Lipinski definition) is 7. The lowest BCUT2D eigenvalue weighted by atomic mass is 10.3. The van der Waals surface area contributed by atoms with Gasteiger partial charge in [0.2, 0.25) is 7.37 Å². The SMILES string of the molecule is COP1(=O)CCC(OC(C)=O)C1P(=O)(OC)OC. The van der Waals surface area contributed by atoms with Crippen molar-refractivity contribution >= 4 is 20.9 Å². The highest BCUT2D eigenvalue weighted by molar-refractivity contribution is 7.75. The van der Waals surface area contributed by atoms with Crippen LogP contribution in [0.3, 0.4) is 0 Å². The Morgan fingerprint density at radius 3 is 2.22 bits per heavy atom. The van der Waals surface area contributed by atoms with E-state index >= 15 is 0 Å². The molecule has 1 heterocycles. The molecule has 0 saturated carbocycles. The number of hydrogen-bond donors (Lipinski definition) is 0.